The summed E-state index contributed by atoms with van der Waals surface area (Å²) in [6, 6.07) is 0.312. The van der Waals surface area contributed by atoms with Crippen molar-refractivity contribution in [1.29, 1.82) is 0 Å². The molecule has 0 aromatic heterocycles. The zero-order chi connectivity index (χ0) is 8.97. The van der Waals surface area contributed by atoms with Crippen molar-refractivity contribution in [2.75, 3.05) is 6.61 Å². The van der Waals surface area contributed by atoms with Crippen LogP contribution >= 0.6 is 0 Å². The van der Waals surface area contributed by atoms with E-state index in [0.717, 1.165) is 12.8 Å². The summed E-state index contributed by atoms with van der Waals surface area (Å²) >= 11 is 0. The minimum absolute atomic E-state index is 0.148. The van der Waals surface area contributed by atoms with Crippen LogP contribution in [-0.2, 0) is 14.3 Å². The predicted octanol–water partition coefficient (Wildman–Crippen LogP) is 0.218. The summed E-state index contributed by atoms with van der Waals surface area (Å²) in [4.78, 5) is 21.7. The fraction of sp³-hybridized carbons (Fsp3) is 0.750. The van der Waals surface area contributed by atoms with E-state index in [9.17, 15) is 9.59 Å². The molecule has 1 amide bonds. The van der Waals surface area contributed by atoms with E-state index in [2.05, 4.69) is 10.1 Å². The average molecular weight is 171 g/mol. The third-order valence-electron chi connectivity index (χ3n) is 1.55. The zero-order valence-electron chi connectivity index (χ0n) is 7.13. The second kappa shape index (κ2) is 4.09. The number of carbonyl (C=O) groups is 2. The zero-order valence-corrected chi connectivity index (χ0v) is 7.13. The van der Waals surface area contributed by atoms with Crippen molar-refractivity contribution in [3.8, 4) is 0 Å². The summed E-state index contributed by atoms with van der Waals surface area (Å²) in [7, 11) is 0. The molecule has 1 saturated carbocycles. The molecule has 68 valence electrons. The van der Waals surface area contributed by atoms with E-state index < -0.39 is 5.97 Å². The number of hydrogen-bond acceptors (Lipinski definition) is 3. The van der Waals surface area contributed by atoms with Gasteiger partial charge in [0.25, 0.3) is 0 Å². The first-order valence-corrected chi connectivity index (χ1v) is 4.17. The highest BCUT2D eigenvalue weighted by Gasteiger charge is 2.24. The average Bonchev–Trinajstić information content (AvgIpc) is 2.71. The molecule has 0 spiro atoms. The highest BCUT2D eigenvalue weighted by molar-refractivity contribution is 5.94. The molecule has 1 aliphatic carbocycles. The first-order chi connectivity index (χ1) is 5.72. The van der Waals surface area contributed by atoms with Crippen molar-refractivity contribution in [3.05, 3.63) is 0 Å². The summed E-state index contributed by atoms with van der Waals surface area (Å²) in [5.41, 5.74) is 0. The Balaban J connectivity index is 2.11. The number of rotatable bonds is 4. The molecule has 1 aliphatic rings. The third-order valence-corrected chi connectivity index (χ3v) is 1.55. The van der Waals surface area contributed by atoms with Crippen molar-refractivity contribution in [2.45, 2.75) is 32.2 Å². The van der Waals surface area contributed by atoms with Crippen molar-refractivity contribution in [1.82, 2.24) is 5.32 Å². The van der Waals surface area contributed by atoms with Crippen molar-refractivity contribution < 1.29 is 14.3 Å². The molecule has 0 aromatic rings. The number of ether oxygens (including phenoxy) is 1. The molecule has 4 nitrogen and oxygen atoms in total. The van der Waals surface area contributed by atoms with E-state index in [1.807, 2.05) is 0 Å². The fourth-order valence-corrected chi connectivity index (χ4v) is 0.849. The second-order valence-corrected chi connectivity index (χ2v) is 2.82. The summed E-state index contributed by atoms with van der Waals surface area (Å²) in [5, 5.41) is 2.70. The molecule has 1 N–H and O–H groups in total. The van der Waals surface area contributed by atoms with Gasteiger partial charge in [-0.25, -0.2) is 0 Å². The molecule has 4 heteroatoms. The highest BCUT2D eigenvalue weighted by atomic mass is 16.5. The Kier molecular flexibility index (Phi) is 3.08. The van der Waals surface area contributed by atoms with Gasteiger partial charge in [0.2, 0.25) is 5.91 Å². The van der Waals surface area contributed by atoms with Gasteiger partial charge in [-0.2, -0.15) is 0 Å². The van der Waals surface area contributed by atoms with Crippen molar-refractivity contribution in [2.24, 2.45) is 0 Å². The lowest BCUT2D eigenvalue weighted by Crippen LogP contribution is -2.28. The molecular weight excluding hydrogens is 158 g/mol. The maximum atomic E-state index is 11.0. The van der Waals surface area contributed by atoms with E-state index >= 15 is 0 Å². The van der Waals surface area contributed by atoms with E-state index in [1.54, 1.807) is 6.92 Å². The molecule has 0 bridgehead atoms. The van der Waals surface area contributed by atoms with Gasteiger partial charge in [0.1, 0.15) is 6.42 Å². The summed E-state index contributed by atoms with van der Waals surface area (Å²) < 4.78 is 4.61. The van der Waals surface area contributed by atoms with E-state index in [-0.39, 0.29) is 12.3 Å². The van der Waals surface area contributed by atoms with Gasteiger partial charge >= 0.3 is 5.97 Å². The van der Waals surface area contributed by atoms with Gasteiger partial charge < -0.3 is 10.1 Å². The number of nitrogens with one attached hydrogen (secondary N) is 1. The Morgan fingerprint density at radius 2 is 2.17 bits per heavy atom. The van der Waals surface area contributed by atoms with Crippen LogP contribution in [0.1, 0.15) is 26.2 Å². The van der Waals surface area contributed by atoms with Crippen LogP contribution in [0.15, 0.2) is 0 Å². The van der Waals surface area contributed by atoms with Gasteiger partial charge in [-0.15, -0.1) is 0 Å². The van der Waals surface area contributed by atoms with Gasteiger partial charge in [0.05, 0.1) is 6.61 Å². The topological polar surface area (TPSA) is 55.4 Å². The van der Waals surface area contributed by atoms with Crippen LogP contribution in [0.25, 0.3) is 0 Å². The van der Waals surface area contributed by atoms with Gasteiger partial charge in [-0.1, -0.05) is 0 Å². The first-order valence-electron chi connectivity index (χ1n) is 4.17. The van der Waals surface area contributed by atoms with Crippen LogP contribution in [0.3, 0.4) is 0 Å². The first kappa shape index (κ1) is 9.03. The summed E-state index contributed by atoms with van der Waals surface area (Å²) in [5.74, 6) is -0.674. The Labute approximate surface area is 71.3 Å². The largest absolute Gasteiger partial charge is 0.466 e. The summed E-state index contributed by atoms with van der Waals surface area (Å²) in [6.45, 7) is 2.05. The lowest BCUT2D eigenvalue weighted by Gasteiger charge is -2.02. The molecule has 0 aliphatic heterocycles. The minimum Gasteiger partial charge on any atom is -0.466 e. The minimum atomic E-state index is -0.448. The molecule has 0 radical (unpaired) electrons. The molecule has 0 unspecified atom stereocenters. The van der Waals surface area contributed by atoms with Crippen LogP contribution in [0, 0.1) is 0 Å². The highest BCUT2D eigenvalue weighted by Crippen LogP contribution is 2.18. The monoisotopic (exact) mass is 171 g/mol. The molecule has 0 aromatic carbocycles. The summed E-state index contributed by atoms with van der Waals surface area (Å²) in [6.07, 6.45) is 1.92. The van der Waals surface area contributed by atoms with Crippen LogP contribution in [-0.4, -0.2) is 24.5 Å². The quantitative estimate of drug-likeness (QED) is 0.486. The number of esters is 1. The number of carbonyl (C=O) groups excluding carboxylic acids is 2. The van der Waals surface area contributed by atoms with Crippen molar-refractivity contribution in [3.63, 3.8) is 0 Å². The Bertz CT molecular complexity index is 187. The van der Waals surface area contributed by atoms with E-state index in [1.165, 1.54) is 0 Å². The number of amides is 1. The van der Waals surface area contributed by atoms with Gasteiger partial charge in [0, 0.05) is 6.04 Å². The Hall–Kier alpha value is -1.06. The normalized spacial score (nSPS) is 15.4. The lowest BCUT2D eigenvalue weighted by molar-refractivity contribution is -0.145. The molecule has 0 heterocycles. The predicted molar refractivity (Wildman–Crippen MR) is 42.4 cm³/mol. The van der Waals surface area contributed by atoms with E-state index in [0.29, 0.717) is 12.6 Å². The maximum Gasteiger partial charge on any atom is 0.315 e. The SMILES string of the molecule is CCOC(=O)CC(=O)NC1CC1. The molecular formula is C8H13NO3. The molecule has 0 atom stereocenters. The standard InChI is InChI=1S/C8H13NO3/c1-2-12-8(11)5-7(10)9-6-3-4-6/h6H,2-5H2,1H3,(H,9,10). The van der Waals surface area contributed by atoms with Crippen LogP contribution < -0.4 is 5.32 Å². The smallest absolute Gasteiger partial charge is 0.315 e. The van der Waals surface area contributed by atoms with Crippen molar-refractivity contribution >= 4 is 11.9 Å². The molecule has 0 saturated heterocycles. The maximum absolute atomic E-state index is 11.0. The van der Waals surface area contributed by atoms with Crippen LogP contribution in [0.2, 0.25) is 0 Å². The lowest BCUT2D eigenvalue weighted by atomic mass is 10.4. The Morgan fingerprint density at radius 3 is 2.67 bits per heavy atom. The second-order valence-electron chi connectivity index (χ2n) is 2.82. The molecule has 12 heavy (non-hydrogen) atoms. The Morgan fingerprint density at radius 1 is 1.50 bits per heavy atom. The van der Waals surface area contributed by atoms with Gasteiger partial charge in [-0.05, 0) is 19.8 Å². The van der Waals surface area contributed by atoms with Gasteiger partial charge in [0.15, 0.2) is 0 Å². The van der Waals surface area contributed by atoms with E-state index in [4.69, 9.17) is 0 Å². The fourth-order valence-electron chi connectivity index (χ4n) is 0.849. The number of hydrogen-bond donors (Lipinski definition) is 1. The molecule has 1 rings (SSSR count). The molecule has 1 fully saturated rings. The van der Waals surface area contributed by atoms with Crippen LogP contribution in [0.5, 0.6) is 0 Å². The van der Waals surface area contributed by atoms with Crippen LogP contribution in [0.4, 0.5) is 0 Å². The third kappa shape index (κ3) is 3.37. The van der Waals surface area contributed by atoms with Gasteiger partial charge in [-0.3, -0.25) is 9.59 Å².